The minimum atomic E-state index is 0.284. The number of pyridine rings is 1. The van der Waals surface area contributed by atoms with Gasteiger partial charge in [0, 0.05) is 6.20 Å². The molecule has 0 unspecified atom stereocenters. The van der Waals surface area contributed by atoms with Crippen LogP contribution >= 0.6 is 11.6 Å². The number of imidazole rings is 1. The van der Waals surface area contributed by atoms with E-state index in [1.54, 1.807) is 12.3 Å². The molecule has 0 fully saturated rings. The molecule has 0 aliphatic heterocycles. The van der Waals surface area contributed by atoms with Crippen LogP contribution in [0.2, 0.25) is 0 Å². The largest absolute Gasteiger partial charge is 0.279 e. The Hall–Kier alpha value is -2.38. The van der Waals surface area contributed by atoms with Gasteiger partial charge in [0.1, 0.15) is 11.3 Å². The highest BCUT2D eigenvalue weighted by Gasteiger charge is 2.16. The number of halogens is 1. The Morgan fingerprint density at radius 2 is 2.05 bits per heavy atom. The maximum absolute atomic E-state index is 9.12. The highest BCUT2D eigenvalue weighted by atomic mass is 35.5. The molecule has 5 heteroatoms. The van der Waals surface area contributed by atoms with Crippen molar-refractivity contribution in [3.8, 4) is 11.8 Å². The van der Waals surface area contributed by atoms with E-state index in [2.05, 4.69) is 16.0 Å². The molecule has 3 rings (SSSR count). The van der Waals surface area contributed by atoms with Gasteiger partial charge in [-0.15, -0.1) is 11.6 Å². The van der Waals surface area contributed by atoms with Crippen molar-refractivity contribution in [2.45, 2.75) is 19.7 Å². The lowest BCUT2D eigenvalue weighted by Gasteiger charge is -2.10. The van der Waals surface area contributed by atoms with Crippen LogP contribution in [0.1, 0.15) is 22.5 Å². The van der Waals surface area contributed by atoms with E-state index in [9.17, 15) is 0 Å². The Bertz CT molecular complexity index is 874. The summed E-state index contributed by atoms with van der Waals surface area (Å²) in [5.74, 6) is 1.01. The lowest BCUT2D eigenvalue weighted by atomic mass is 10.1. The van der Waals surface area contributed by atoms with E-state index in [4.69, 9.17) is 16.9 Å². The molecule has 1 aromatic carbocycles. The first-order valence-corrected chi connectivity index (χ1v) is 7.09. The second kappa shape index (κ2) is 5.19. The summed E-state index contributed by atoms with van der Waals surface area (Å²) in [5.41, 5.74) is 5.21. The molecule has 0 saturated carbocycles. The van der Waals surface area contributed by atoms with Crippen molar-refractivity contribution in [1.82, 2.24) is 14.5 Å². The number of nitriles is 1. The third-order valence-electron chi connectivity index (χ3n) is 3.52. The average Bonchev–Trinajstić information content (AvgIpc) is 2.88. The van der Waals surface area contributed by atoms with E-state index in [-0.39, 0.29) is 5.88 Å². The lowest BCUT2D eigenvalue weighted by molar-refractivity contribution is 0.960. The van der Waals surface area contributed by atoms with Gasteiger partial charge in [0.25, 0.3) is 0 Å². The van der Waals surface area contributed by atoms with Crippen LogP contribution in [0.25, 0.3) is 16.9 Å². The second-order valence-electron chi connectivity index (χ2n) is 4.91. The second-order valence-corrected chi connectivity index (χ2v) is 5.18. The van der Waals surface area contributed by atoms with Crippen LogP contribution in [0.3, 0.4) is 0 Å². The van der Waals surface area contributed by atoms with Gasteiger partial charge in [0.05, 0.1) is 23.2 Å². The van der Waals surface area contributed by atoms with E-state index >= 15 is 0 Å². The predicted molar refractivity (Wildman–Crippen MR) is 82.6 cm³/mol. The van der Waals surface area contributed by atoms with Gasteiger partial charge in [0.15, 0.2) is 5.65 Å². The summed E-state index contributed by atoms with van der Waals surface area (Å²) in [4.78, 5) is 9.03. The predicted octanol–water partition coefficient (Wildman–Crippen LogP) is 3.65. The minimum absolute atomic E-state index is 0.284. The molecular formula is C16H13ClN4. The molecule has 104 valence electrons. The van der Waals surface area contributed by atoms with E-state index in [0.29, 0.717) is 5.56 Å². The molecule has 0 aliphatic carbocycles. The van der Waals surface area contributed by atoms with Crippen molar-refractivity contribution in [3.05, 3.63) is 53.0 Å². The summed E-state index contributed by atoms with van der Waals surface area (Å²) in [5, 5.41) is 9.12. The van der Waals surface area contributed by atoms with Crippen LogP contribution in [0.4, 0.5) is 0 Å². The first kappa shape index (κ1) is 13.6. The molecule has 0 spiro atoms. The normalized spacial score (nSPS) is 10.8. The van der Waals surface area contributed by atoms with Gasteiger partial charge in [-0.05, 0) is 43.2 Å². The molecule has 0 radical (unpaired) electrons. The topological polar surface area (TPSA) is 54.5 Å². The summed E-state index contributed by atoms with van der Waals surface area (Å²) in [7, 11) is 0. The highest BCUT2D eigenvalue weighted by Crippen LogP contribution is 2.25. The van der Waals surface area contributed by atoms with Crippen LogP contribution in [-0.4, -0.2) is 14.5 Å². The number of nitrogens with zero attached hydrogens (tertiary/aromatic N) is 4. The fourth-order valence-electron chi connectivity index (χ4n) is 2.40. The first-order chi connectivity index (χ1) is 10.2. The molecule has 2 heterocycles. The zero-order chi connectivity index (χ0) is 15.0. The fourth-order valence-corrected chi connectivity index (χ4v) is 2.58. The van der Waals surface area contributed by atoms with E-state index in [1.807, 2.05) is 36.6 Å². The molecule has 0 bridgehead atoms. The highest BCUT2D eigenvalue weighted by molar-refractivity contribution is 6.17. The van der Waals surface area contributed by atoms with E-state index in [1.165, 1.54) is 0 Å². The summed E-state index contributed by atoms with van der Waals surface area (Å²) in [6.45, 7) is 3.99. The number of alkyl halides is 1. The van der Waals surface area contributed by atoms with Crippen LogP contribution in [-0.2, 0) is 5.88 Å². The Kier molecular flexibility index (Phi) is 3.36. The van der Waals surface area contributed by atoms with Crippen molar-refractivity contribution in [2.75, 3.05) is 0 Å². The van der Waals surface area contributed by atoms with Gasteiger partial charge in [-0.1, -0.05) is 6.07 Å². The zero-order valence-corrected chi connectivity index (χ0v) is 12.5. The van der Waals surface area contributed by atoms with E-state index in [0.717, 1.165) is 33.8 Å². The van der Waals surface area contributed by atoms with Gasteiger partial charge in [-0.3, -0.25) is 4.57 Å². The minimum Gasteiger partial charge on any atom is -0.279 e. The van der Waals surface area contributed by atoms with Crippen molar-refractivity contribution in [3.63, 3.8) is 0 Å². The molecule has 0 saturated heterocycles. The molecular weight excluding hydrogens is 284 g/mol. The summed E-state index contributed by atoms with van der Waals surface area (Å²) < 4.78 is 1.94. The third kappa shape index (κ3) is 2.16. The quantitative estimate of drug-likeness (QED) is 0.678. The maximum atomic E-state index is 9.12. The average molecular weight is 297 g/mol. The summed E-state index contributed by atoms with van der Waals surface area (Å²) in [6.07, 6.45) is 1.76. The van der Waals surface area contributed by atoms with Crippen LogP contribution in [0.15, 0.2) is 30.5 Å². The van der Waals surface area contributed by atoms with Crippen molar-refractivity contribution < 1.29 is 0 Å². The van der Waals surface area contributed by atoms with Gasteiger partial charge in [0.2, 0.25) is 0 Å². The van der Waals surface area contributed by atoms with Crippen molar-refractivity contribution in [1.29, 1.82) is 5.26 Å². The number of hydrogen-bond acceptors (Lipinski definition) is 3. The summed E-state index contributed by atoms with van der Waals surface area (Å²) in [6, 6.07) is 9.66. The molecule has 4 nitrogen and oxygen atoms in total. The molecule has 0 aliphatic rings. The van der Waals surface area contributed by atoms with Gasteiger partial charge in [-0.25, -0.2) is 9.97 Å². The maximum Gasteiger partial charge on any atom is 0.164 e. The summed E-state index contributed by atoms with van der Waals surface area (Å²) >= 11 is 6.06. The number of rotatable bonds is 2. The number of benzene rings is 1. The lowest BCUT2D eigenvalue weighted by Crippen LogP contribution is -2.03. The van der Waals surface area contributed by atoms with Gasteiger partial charge in [-0.2, -0.15) is 5.26 Å². The van der Waals surface area contributed by atoms with Crippen LogP contribution < -0.4 is 0 Å². The smallest absolute Gasteiger partial charge is 0.164 e. The third-order valence-corrected chi connectivity index (χ3v) is 3.76. The molecule has 0 atom stereocenters. The first-order valence-electron chi connectivity index (χ1n) is 6.55. The Balaban J connectivity index is 2.39. The molecule has 2 aromatic heterocycles. The number of aryl methyl sites for hydroxylation is 2. The van der Waals surface area contributed by atoms with Crippen molar-refractivity contribution in [2.24, 2.45) is 0 Å². The van der Waals surface area contributed by atoms with Crippen LogP contribution in [0, 0.1) is 25.2 Å². The fraction of sp³-hybridized carbons (Fsp3) is 0.188. The molecule has 21 heavy (non-hydrogen) atoms. The van der Waals surface area contributed by atoms with Crippen molar-refractivity contribution >= 4 is 22.8 Å². The number of hydrogen-bond donors (Lipinski definition) is 0. The number of fused-ring (bicyclic) bond motifs is 1. The van der Waals surface area contributed by atoms with E-state index < -0.39 is 0 Å². The monoisotopic (exact) mass is 296 g/mol. The van der Waals surface area contributed by atoms with Gasteiger partial charge < -0.3 is 0 Å². The van der Waals surface area contributed by atoms with Gasteiger partial charge >= 0.3 is 0 Å². The number of aromatic nitrogens is 3. The molecule has 3 aromatic rings. The Morgan fingerprint density at radius 1 is 1.24 bits per heavy atom. The standard InChI is InChI=1S/C16H13ClN4/c1-10-3-4-12(9-18)7-13(10)21-14(8-17)20-15-11(2)5-6-19-16(15)21/h3-7H,8H2,1-2H3. The zero-order valence-electron chi connectivity index (χ0n) is 11.8. The van der Waals surface area contributed by atoms with Crippen LogP contribution in [0.5, 0.6) is 0 Å². The molecule has 0 amide bonds. The Labute approximate surface area is 127 Å². The SMILES string of the molecule is Cc1ccc(C#N)cc1-n1c(CCl)nc2c(C)ccnc21. The Morgan fingerprint density at radius 3 is 2.76 bits per heavy atom. The molecule has 0 N–H and O–H groups in total.